The maximum Gasteiger partial charge on any atom is 0.0673 e. The minimum Gasteiger partial charge on any atom is -0.377 e. The van der Waals surface area contributed by atoms with Crippen LogP contribution in [0.4, 0.5) is 0 Å². The Morgan fingerprint density at radius 2 is 2.06 bits per heavy atom. The van der Waals surface area contributed by atoms with Gasteiger partial charge in [0.2, 0.25) is 0 Å². The lowest BCUT2D eigenvalue weighted by Gasteiger charge is -2.44. The highest BCUT2D eigenvalue weighted by molar-refractivity contribution is 4.89. The largest absolute Gasteiger partial charge is 0.377 e. The number of likely N-dealkylation sites (tertiary alicyclic amines) is 1. The zero-order valence-corrected chi connectivity index (χ0v) is 12.9. The van der Waals surface area contributed by atoms with Crippen molar-refractivity contribution in [1.82, 2.24) is 10.2 Å². The Morgan fingerprint density at radius 3 is 2.67 bits per heavy atom. The van der Waals surface area contributed by atoms with Crippen LogP contribution in [-0.4, -0.2) is 49.3 Å². The molecule has 1 fully saturated rings. The first-order valence-corrected chi connectivity index (χ1v) is 7.69. The normalized spacial score (nSPS) is 31.5. The first-order chi connectivity index (χ1) is 8.60. The van der Waals surface area contributed by atoms with Crippen molar-refractivity contribution in [2.24, 2.45) is 5.92 Å². The molecule has 0 aromatic heterocycles. The molecule has 1 heterocycles. The fourth-order valence-electron chi connectivity index (χ4n) is 2.98. The van der Waals surface area contributed by atoms with E-state index in [0.717, 1.165) is 25.6 Å². The van der Waals surface area contributed by atoms with E-state index in [2.05, 4.69) is 44.8 Å². The van der Waals surface area contributed by atoms with E-state index < -0.39 is 0 Å². The Labute approximate surface area is 113 Å². The van der Waals surface area contributed by atoms with E-state index in [9.17, 15) is 0 Å². The molecule has 0 bridgehead atoms. The van der Waals surface area contributed by atoms with E-state index >= 15 is 0 Å². The molecule has 1 rings (SSSR count). The van der Waals surface area contributed by atoms with Crippen molar-refractivity contribution in [3.8, 4) is 0 Å². The van der Waals surface area contributed by atoms with Gasteiger partial charge in [0.05, 0.1) is 6.10 Å². The lowest BCUT2D eigenvalue weighted by atomic mass is 9.86. The van der Waals surface area contributed by atoms with Gasteiger partial charge < -0.3 is 10.1 Å². The maximum absolute atomic E-state index is 5.66. The van der Waals surface area contributed by atoms with Crippen LogP contribution in [0.3, 0.4) is 0 Å². The molecule has 18 heavy (non-hydrogen) atoms. The number of nitrogens with zero attached hydrogens (tertiary/aromatic N) is 1. The van der Waals surface area contributed by atoms with Gasteiger partial charge in [-0.1, -0.05) is 13.8 Å². The van der Waals surface area contributed by atoms with Crippen LogP contribution >= 0.6 is 0 Å². The van der Waals surface area contributed by atoms with Gasteiger partial charge in [-0.15, -0.1) is 0 Å². The molecule has 0 radical (unpaired) electrons. The van der Waals surface area contributed by atoms with Crippen LogP contribution in [0.1, 0.15) is 47.5 Å². The fourth-order valence-corrected chi connectivity index (χ4v) is 2.98. The van der Waals surface area contributed by atoms with Crippen molar-refractivity contribution in [1.29, 1.82) is 0 Å². The maximum atomic E-state index is 5.66. The summed E-state index contributed by atoms with van der Waals surface area (Å²) in [6, 6.07) is 1.34. The molecular formula is C15H32N2O. The molecular weight excluding hydrogens is 224 g/mol. The van der Waals surface area contributed by atoms with Crippen LogP contribution in [-0.2, 0) is 4.74 Å². The molecule has 0 aromatic rings. The topological polar surface area (TPSA) is 24.5 Å². The summed E-state index contributed by atoms with van der Waals surface area (Å²) in [6.45, 7) is 15.5. The number of nitrogens with one attached hydrogen (secondary N) is 1. The summed E-state index contributed by atoms with van der Waals surface area (Å²) in [5.41, 5.74) is 0. The zero-order valence-electron chi connectivity index (χ0n) is 12.9. The van der Waals surface area contributed by atoms with Crippen LogP contribution < -0.4 is 5.32 Å². The Hall–Kier alpha value is -0.120. The highest BCUT2D eigenvalue weighted by Crippen LogP contribution is 2.24. The third kappa shape index (κ3) is 4.52. The van der Waals surface area contributed by atoms with Gasteiger partial charge in [-0.05, 0) is 46.1 Å². The first-order valence-electron chi connectivity index (χ1n) is 7.69. The molecule has 3 heteroatoms. The van der Waals surface area contributed by atoms with Crippen molar-refractivity contribution in [3.63, 3.8) is 0 Å². The Bertz CT molecular complexity index is 223. The molecule has 0 aromatic carbocycles. The van der Waals surface area contributed by atoms with Crippen LogP contribution in [0.15, 0.2) is 0 Å². The van der Waals surface area contributed by atoms with Gasteiger partial charge >= 0.3 is 0 Å². The van der Waals surface area contributed by atoms with Gasteiger partial charge in [0.1, 0.15) is 0 Å². The highest BCUT2D eigenvalue weighted by Gasteiger charge is 2.32. The standard InChI is InChI=1S/C15H32N2O/c1-6-9-16-15-8-10-17(14(5)13(15)4)11-12(3)18-7-2/h12-16H,6-11H2,1-5H3. The van der Waals surface area contributed by atoms with Crippen LogP contribution in [0.25, 0.3) is 0 Å². The molecule has 1 saturated heterocycles. The van der Waals surface area contributed by atoms with Crippen LogP contribution in [0, 0.1) is 5.92 Å². The second-order valence-electron chi connectivity index (χ2n) is 5.71. The smallest absolute Gasteiger partial charge is 0.0673 e. The third-order valence-electron chi connectivity index (χ3n) is 4.30. The van der Waals surface area contributed by atoms with E-state index in [4.69, 9.17) is 4.74 Å². The van der Waals surface area contributed by atoms with E-state index in [1.54, 1.807) is 0 Å². The summed E-state index contributed by atoms with van der Waals surface area (Å²) >= 11 is 0. The van der Waals surface area contributed by atoms with E-state index in [0.29, 0.717) is 18.2 Å². The molecule has 0 amide bonds. The van der Waals surface area contributed by atoms with Gasteiger partial charge in [0.15, 0.2) is 0 Å². The van der Waals surface area contributed by atoms with Crippen molar-refractivity contribution in [2.75, 3.05) is 26.2 Å². The first kappa shape index (κ1) is 15.9. The quantitative estimate of drug-likeness (QED) is 0.757. The summed E-state index contributed by atoms with van der Waals surface area (Å²) in [4.78, 5) is 2.59. The second-order valence-corrected chi connectivity index (χ2v) is 5.71. The number of hydrogen-bond donors (Lipinski definition) is 1. The summed E-state index contributed by atoms with van der Waals surface area (Å²) < 4.78 is 5.66. The van der Waals surface area contributed by atoms with Crippen molar-refractivity contribution < 1.29 is 4.74 Å². The van der Waals surface area contributed by atoms with Gasteiger partial charge in [-0.2, -0.15) is 0 Å². The van der Waals surface area contributed by atoms with Crippen LogP contribution in [0.5, 0.6) is 0 Å². The SMILES string of the molecule is CCCNC1CCN(CC(C)OCC)C(C)C1C. The van der Waals surface area contributed by atoms with E-state index in [-0.39, 0.29) is 0 Å². The molecule has 4 unspecified atom stereocenters. The van der Waals surface area contributed by atoms with Gasteiger partial charge in [-0.3, -0.25) is 4.90 Å². The van der Waals surface area contributed by atoms with E-state index in [1.807, 2.05) is 0 Å². The monoisotopic (exact) mass is 256 g/mol. The summed E-state index contributed by atoms with van der Waals surface area (Å²) in [5.74, 6) is 0.721. The Kier molecular flexibility index (Phi) is 7.20. The van der Waals surface area contributed by atoms with Gasteiger partial charge in [0.25, 0.3) is 0 Å². The predicted molar refractivity (Wildman–Crippen MR) is 78.0 cm³/mol. The highest BCUT2D eigenvalue weighted by atomic mass is 16.5. The van der Waals surface area contributed by atoms with Gasteiger partial charge in [0, 0.05) is 31.8 Å². The summed E-state index contributed by atoms with van der Waals surface area (Å²) in [6.07, 6.45) is 2.84. The summed E-state index contributed by atoms with van der Waals surface area (Å²) in [5, 5.41) is 3.69. The lowest BCUT2D eigenvalue weighted by molar-refractivity contribution is 0.00765. The minimum atomic E-state index is 0.352. The predicted octanol–water partition coefficient (Wildman–Crippen LogP) is 2.51. The molecule has 1 aliphatic rings. The summed E-state index contributed by atoms with van der Waals surface area (Å²) in [7, 11) is 0. The van der Waals surface area contributed by atoms with Crippen molar-refractivity contribution >= 4 is 0 Å². The molecule has 0 aliphatic carbocycles. The fraction of sp³-hybridized carbons (Fsp3) is 1.00. The second kappa shape index (κ2) is 8.13. The minimum absolute atomic E-state index is 0.352. The number of hydrogen-bond acceptors (Lipinski definition) is 3. The Morgan fingerprint density at radius 1 is 1.33 bits per heavy atom. The van der Waals surface area contributed by atoms with Crippen molar-refractivity contribution in [2.45, 2.75) is 65.6 Å². The number of rotatable bonds is 7. The molecule has 0 spiro atoms. The third-order valence-corrected chi connectivity index (χ3v) is 4.30. The van der Waals surface area contributed by atoms with Crippen LogP contribution in [0.2, 0.25) is 0 Å². The average Bonchev–Trinajstić information content (AvgIpc) is 2.34. The lowest BCUT2D eigenvalue weighted by Crippen LogP contribution is -2.54. The average molecular weight is 256 g/mol. The molecule has 3 nitrogen and oxygen atoms in total. The van der Waals surface area contributed by atoms with E-state index in [1.165, 1.54) is 19.4 Å². The number of piperidine rings is 1. The molecule has 4 atom stereocenters. The molecule has 108 valence electrons. The Balaban J connectivity index is 2.42. The molecule has 1 aliphatic heterocycles. The molecule has 1 N–H and O–H groups in total. The number of ether oxygens (including phenoxy) is 1. The molecule has 0 saturated carbocycles. The van der Waals surface area contributed by atoms with Gasteiger partial charge in [-0.25, -0.2) is 0 Å². The zero-order chi connectivity index (χ0) is 13.5. The van der Waals surface area contributed by atoms with Crippen molar-refractivity contribution in [3.05, 3.63) is 0 Å².